The number of hydrogen-bond donors (Lipinski definition) is 0. The van der Waals surface area contributed by atoms with Crippen LogP contribution in [-0.4, -0.2) is 32.5 Å². The molecule has 1 unspecified atom stereocenters. The van der Waals surface area contributed by atoms with Gasteiger partial charge in [-0.1, -0.05) is 124 Å². The van der Waals surface area contributed by atoms with Crippen LogP contribution in [-0.2, 0) is 27.1 Å². The molecule has 2 aliphatic heterocycles. The first-order valence-corrected chi connectivity index (χ1v) is 19.7. The Morgan fingerprint density at radius 1 is 0.830 bits per heavy atom. The molecule has 0 bridgehead atoms. The Morgan fingerprint density at radius 3 is 1.68 bits per heavy atom. The molecular formula is C39H70O6P2. The molecule has 1 aliphatic carbocycles. The average molecular weight is 697 g/mol. The lowest BCUT2D eigenvalue weighted by Gasteiger charge is -2.42. The second-order valence-corrected chi connectivity index (χ2v) is 19.5. The van der Waals surface area contributed by atoms with E-state index in [-0.39, 0.29) is 27.8 Å². The van der Waals surface area contributed by atoms with Gasteiger partial charge in [-0.3, -0.25) is 4.52 Å². The van der Waals surface area contributed by atoms with Gasteiger partial charge in [0.1, 0.15) is 11.9 Å². The molecule has 272 valence electrons. The fraction of sp³-hybridized carbons (Fsp3) is 0.769. The smallest absolute Gasteiger partial charge is 0.397 e. The first-order chi connectivity index (χ1) is 21.5. The SMILES string of the molecule is CC.CC(C)(C)C.CC/C=C(\C(OP1OCC2(CO1)COP(OC1C=C(C)C=C=C1C(C)(C)C)OC2)=C(/CC)C(C)(C)C)C(C)(C)C. The van der Waals surface area contributed by atoms with Crippen molar-refractivity contribution >= 4 is 17.2 Å². The minimum absolute atomic E-state index is 0.0410. The summed E-state index contributed by atoms with van der Waals surface area (Å²) < 4.78 is 37.7. The van der Waals surface area contributed by atoms with Crippen molar-refractivity contribution in [2.24, 2.45) is 27.1 Å². The standard InChI is InChI=1S/C32H52O6P2.C5H12.C2H6/c1-13-15-26(31(10,11)12)28(24(14-2)29(4,5)6)38-40-35-21-32(22-36-40)19-33-39(34-20-32)37-27-18-23(3)16-17-25(27)30(7,8)9;1-5(2,3)4;1-2/h15-16,18,27H,13-14,19-22H2,1-12H3;1-4H3;1-2H3/b26-15+,28-24-;;. The maximum absolute atomic E-state index is 6.63. The van der Waals surface area contributed by atoms with Gasteiger partial charge in [-0.15, -0.1) is 5.73 Å². The second-order valence-electron chi connectivity index (χ2n) is 17.2. The van der Waals surface area contributed by atoms with E-state index in [0.717, 1.165) is 29.7 Å². The van der Waals surface area contributed by atoms with Crippen molar-refractivity contribution in [2.75, 3.05) is 26.4 Å². The van der Waals surface area contributed by atoms with Crippen molar-refractivity contribution in [3.05, 3.63) is 52.0 Å². The maximum atomic E-state index is 6.63. The quantitative estimate of drug-likeness (QED) is 0.114. The van der Waals surface area contributed by atoms with Gasteiger partial charge in [0.2, 0.25) is 0 Å². The van der Waals surface area contributed by atoms with E-state index in [0.29, 0.717) is 31.8 Å². The van der Waals surface area contributed by atoms with Crippen LogP contribution in [0.5, 0.6) is 0 Å². The van der Waals surface area contributed by atoms with Crippen LogP contribution in [0.25, 0.3) is 0 Å². The van der Waals surface area contributed by atoms with Crippen molar-refractivity contribution in [3.63, 3.8) is 0 Å². The van der Waals surface area contributed by atoms with Crippen LogP contribution in [0.3, 0.4) is 0 Å². The summed E-state index contributed by atoms with van der Waals surface area (Å²) in [6.45, 7) is 40.9. The molecule has 47 heavy (non-hydrogen) atoms. The zero-order valence-corrected chi connectivity index (χ0v) is 35.2. The summed E-state index contributed by atoms with van der Waals surface area (Å²) in [5.74, 6) is 0.923. The molecule has 0 radical (unpaired) electrons. The summed E-state index contributed by atoms with van der Waals surface area (Å²) in [4.78, 5) is 0. The first-order valence-electron chi connectivity index (χ1n) is 17.6. The highest BCUT2D eigenvalue weighted by Gasteiger charge is 2.46. The molecule has 0 aromatic heterocycles. The summed E-state index contributed by atoms with van der Waals surface area (Å²) >= 11 is 0. The van der Waals surface area contributed by atoms with E-state index >= 15 is 0 Å². The Kier molecular flexibility index (Phi) is 17.4. The molecule has 2 heterocycles. The lowest BCUT2D eigenvalue weighted by molar-refractivity contribution is -0.0752. The Balaban J connectivity index is 0.00000144. The molecule has 0 N–H and O–H groups in total. The zero-order valence-electron chi connectivity index (χ0n) is 33.4. The third-order valence-electron chi connectivity index (χ3n) is 7.23. The van der Waals surface area contributed by atoms with Crippen molar-refractivity contribution in [3.8, 4) is 0 Å². The van der Waals surface area contributed by atoms with E-state index in [1.807, 2.05) is 19.9 Å². The number of rotatable bonds is 7. The molecule has 1 atom stereocenters. The highest BCUT2D eigenvalue weighted by Crippen LogP contribution is 2.56. The summed E-state index contributed by atoms with van der Waals surface area (Å²) in [7, 11) is -3.03. The molecule has 1 spiro atoms. The van der Waals surface area contributed by atoms with Crippen LogP contribution in [0.1, 0.15) is 137 Å². The van der Waals surface area contributed by atoms with Crippen molar-refractivity contribution < 1.29 is 27.1 Å². The van der Waals surface area contributed by atoms with Gasteiger partial charge >= 0.3 is 17.2 Å². The lowest BCUT2D eigenvalue weighted by atomic mass is 9.77. The number of hydrogen-bond acceptors (Lipinski definition) is 6. The molecule has 6 nitrogen and oxygen atoms in total. The fourth-order valence-corrected chi connectivity index (χ4v) is 7.58. The highest BCUT2D eigenvalue weighted by atomic mass is 31.2. The van der Waals surface area contributed by atoms with Gasteiger partial charge < -0.3 is 22.6 Å². The predicted octanol–water partition coefficient (Wildman–Crippen LogP) is 13.2. The van der Waals surface area contributed by atoms with Crippen LogP contribution in [0.15, 0.2) is 52.0 Å². The third kappa shape index (κ3) is 14.9. The molecule has 0 amide bonds. The van der Waals surface area contributed by atoms with E-state index in [1.54, 1.807) is 0 Å². The normalized spacial score (nSPS) is 26.3. The van der Waals surface area contributed by atoms with Gasteiger partial charge in [0.15, 0.2) is 0 Å². The molecule has 8 heteroatoms. The van der Waals surface area contributed by atoms with Gasteiger partial charge in [0.25, 0.3) is 0 Å². The van der Waals surface area contributed by atoms with E-state index in [4.69, 9.17) is 27.1 Å². The Hall–Kier alpha value is -0.800. The molecule has 0 aromatic carbocycles. The van der Waals surface area contributed by atoms with Crippen LogP contribution in [0, 0.1) is 27.1 Å². The maximum Gasteiger partial charge on any atom is 0.397 e. The van der Waals surface area contributed by atoms with E-state index in [2.05, 4.69) is 129 Å². The molecule has 0 aromatic rings. The first kappa shape index (κ1) is 44.2. The van der Waals surface area contributed by atoms with Gasteiger partial charge in [-0.2, -0.15) is 0 Å². The summed E-state index contributed by atoms with van der Waals surface area (Å²) in [5, 5.41) is 0. The average Bonchev–Trinajstić information content (AvgIpc) is 2.92. The summed E-state index contributed by atoms with van der Waals surface area (Å²) in [5.41, 5.74) is 8.05. The van der Waals surface area contributed by atoms with Crippen LogP contribution in [0.2, 0.25) is 0 Å². The Bertz CT molecular complexity index is 1120. The van der Waals surface area contributed by atoms with E-state index in [9.17, 15) is 0 Å². The Labute approximate surface area is 292 Å². The topological polar surface area (TPSA) is 55.4 Å². The van der Waals surface area contributed by atoms with Crippen molar-refractivity contribution in [1.29, 1.82) is 0 Å². The molecule has 3 rings (SSSR count). The van der Waals surface area contributed by atoms with Crippen molar-refractivity contribution in [1.82, 2.24) is 0 Å². The van der Waals surface area contributed by atoms with Crippen molar-refractivity contribution in [2.45, 2.75) is 144 Å². The van der Waals surface area contributed by atoms with Gasteiger partial charge in [-0.25, -0.2) is 0 Å². The molecule has 2 saturated heterocycles. The second kappa shape index (κ2) is 18.4. The fourth-order valence-electron chi connectivity index (χ4n) is 4.98. The monoisotopic (exact) mass is 696 g/mol. The predicted molar refractivity (Wildman–Crippen MR) is 202 cm³/mol. The van der Waals surface area contributed by atoms with Gasteiger partial charge in [0, 0.05) is 5.57 Å². The summed E-state index contributed by atoms with van der Waals surface area (Å²) in [6, 6.07) is 0. The van der Waals surface area contributed by atoms with E-state index < -0.39 is 17.2 Å². The highest BCUT2D eigenvalue weighted by molar-refractivity contribution is 7.42. The molecule has 3 aliphatic rings. The molecular weight excluding hydrogens is 626 g/mol. The Morgan fingerprint density at radius 2 is 1.30 bits per heavy atom. The summed E-state index contributed by atoms with van der Waals surface area (Å²) in [6.07, 6.45) is 8.02. The third-order valence-corrected chi connectivity index (χ3v) is 9.32. The van der Waals surface area contributed by atoms with Crippen LogP contribution in [0.4, 0.5) is 0 Å². The number of allylic oxidation sites excluding steroid dienone is 4. The molecule has 2 fully saturated rings. The largest absolute Gasteiger partial charge is 0.426 e. The lowest BCUT2D eigenvalue weighted by Crippen LogP contribution is -2.45. The van der Waals surface area contributed by atoms with E-state index in [1.165, 1.54) is 11.1 Å². The minimum atomic E-state index is -1.55. The van der Waals surface area contributed by atoms with Gasteiger partial charge in [-0.05, 0) is 70.3 Å². The van der Waals surface area contributed by atoms with Crippen LogP contribution < -0.4 is 0 Å². The van der Waals surface area contributed by atoms with Gasteiger partial charge in [0.05, 0.1) is 31.8 Å². The zero-order chi connectivity index (χ0) is 36.4. The molecule has 0 saturated carbocycles. The minimum Gasteiger partial charge on any atom is -0.426 e. The van der Waals surface area contributed by atoms with Crippen LogP contribution >= 0.6 is 17.2 Å².